The Kier molecular flexibility index (Phi) is 8.57. The van der Waals surface area contributed by atoms with Crippen molar-refractivity contribution in [1.82, 2.24) is 10.4 Å². The van der Waals surface area contributed by atoms with Crippen molar-refractivity contribution < 1.29 is 33.1 Å². The Morgan fingerprint density at radius 1 is 1.29 bits per heavy atom. The van der Waals surface area contributed by atoms with Crippen LogP contribution in [0.4, 0.5) is 20.6 Å². The maximum atomic E-state index is 14.9. The van der Waals surface area contributed by atoms with Crippen LogP contribution in [0.25, 0.3) is 0 Å². The van der Waals surface area contributed by atoms with Gasteiger partial charge in [-0.2, -0.15) is 5.06 Å². The van der Waals surface area contributed by atoms with Crippen LogP contribution in [0.2, 0.25) is 0 Å². The topological polar surface area (TPSA) is 101 Å². The van der Waals surface area contributed by atoms with Gasteiger partial charge in [0, 0.05) is 26.6 Å². The van der Waals surface area contributed by atoms with E-state index in [9.17, 15) is 18.8 Å². The Labute approximate surface area is 180 Å². The number of anilines is 2. The lowest BCUT2D eigenvalue weighted by Gasteiger charge is -2.23. The molecule has 1 aromatic carbocycles. The maximum absolute atomic E-state index is 14.9. The van der Waals surface area contributed by atoms with Gasteiger partial charge in [0.2, 0.25) is 5.91 Å². The van der Waals surface area contributed by atoms with Gasteiger partial charge < -0.3 is 19.7 Å². The second-order valence-corrected chi connectivity index (χ2v) is 6.95. The van der Waals surface area contributed by atoms with Gasteiger partial charge >= 0.3 is 12.1 Å². The number of carbonyl (C=O) groups excluding carboxylic acids is 3. The third-order valence-corrected chi connectivity index (χ3v) is 4.82. The first-order valence-corrected chi connectivity index (χ1v) is 9.59. The molecule has 2 saturated heterocycles. The summed E-state index contributed by atoms with van der Waals surface area (Å²) in [7, 11) is 1.31. The van der Waals surface area contributed by atoms with Gasteiger partial charge in [0.05, 0.1) is 38.2 Å². The second kappa shape index (κ2) is 10.9. The summed E-state index contributed by atoms with van der Waals surface area (Å²) in [6.07, 6.45) is -1.08. The number of hydroxylamine groups is 2. The highest BCUT2D eigenvalue weighted by atomic mass is 19.1. The van der Waals surface area contributed by atoms with Crippen LogP contribution in [-0.4, -0.2) is 82.1 Å². The molecule has 0 unspecified atom stereocenters. The zero-order valence-electron chi connectivity index (χ0n) is 16.9. The van der Waals surface area contributed by atoms with E-state index in [0.717, 1.165) is 0 Å². The number of cyclic esters (lactones) is 1. The number of nitrogens with one attached hydrogen (secondary N) is 1. The summed E-state index contributed by atoms with van der Waals surface area (Å²) in [6, 6.07) is 4.54. The number of esters is 1. The molecule has 0 spiro atoms. The van der Waals surface area contributed by atoms with Crippen molar-refractivity contribution in [3.05, 3.63) is 24.0 Å². The lowest BCUT2D eigenvalue weighted by molar-refractivity contribution is -0.172. The molecule has 2 aliphatic rings. The number of carbonyl (C=O) groups is 3. The van der Waals surface area contributed by atoms with Gasteiger partial charge in [-0.15, -0.1) is 0 Å². The van der Waals surface area contributed by atoms with Crippen molar-refractivity contribution in [1.29, 1.82) is 0 Å². The number of hydrogen-bond acceptors (Lipinski definition) is 8. The fourth-order valence-electron chi connectivity index (χ4n) is 3.28. The molecule has 0 aromatic heterocycles. The molecule has 0 saturated carbocycles. The van der Waals surface area contributed by atoms with E-state index < -0.39 is 24.0 Å². The normalized spacial score (nSPS) is 19.3. The molecule has 2 aliphatic heterocycles. The largest absolute Gasteiger partial charge is 0.468 e. The summed E-state index contributed by atoms with van der Waals surface area (Å²) in [5.41, 5.74) is 0.759. The molecule has 2 amide bonds. The first-order chi connectivity index (χ1) is 14.4. The van der Waals surface area contributed by atoms with Crippen LogP contribution in [0.5, 0.6) is 0 Å². The number of nitrogens with zero attached hydrogens (tertiary/aromatic N) is 3. The minimum atomic E-state index is -0.584. The van der Waals surface area contributed by atoms with Crippen molar-refractivity contribution in [3.8, 4) is 0 Å². The van der Waals surface area contributed by atoms with E-state index in [4.69, 9.17) is 9.57 Å². The molecule has 172 valence electrons. The highest BCUT2D eigenvalue weighted by Crippen LogP contribution is 2.28. The number of hydrogen-bond donors (Lipinski definition) is 1. The highest BCUT2D eigenvalue weighted by Gasteiger charge is 2.33. The molecule has 2 fully saturated rings. The van der Waals surface area contributed by atoms with Crippen LogP contribution >= 0.6 is 0 Å². The van der Waals surface area contributed by atoms with Gasteiger partial charge in [0.25, 0.3) is 0 Å². The van der Waals surface area contributed by atoms with Gasteiger partial charge in [0.15, 0.2) is 0 Å². The van der Waals surface area contributed by atoms with E-state index in [0.29, 0.717) is 37.6 Å². The maximum Gasteiger partial charge on any atom is 0.414 e. The smallest absolute Gasteiger partial charge is 0.414 e. The van der Waals surface area contributed by atoms with Crippen molar-refractivity contribution >= 4 is 29.3 Å². The third-order valence-electron chi connectivity index (χ3n) is 4.82. The molecule has 0 radical (unpaired) electrons. The fraction of sp³-hybridized carbons (Fsp3) is 0.550. The molecule has 1 aromatic rings. The molecule has 1 atom stereocenters. The average molecular weight is 440 g/mol. The minimum Gasteiger partial charge on any atom is -0.468 e. The Bertz CT molecular complexity index is 808. The van der Waals surface area contributed by atoms with Crippen molar-refractivity contribution in [2.75, 3.05) is 62.8 Å². The quantitative estimate of drug-likeness (QED) is 0.658. The molecule has 0 bridgehead atoms. The minimum absolute atomic E-state index is 0. The Morgan fingerprint density at radius 3 is 2.74 bits per heavy atom. The highest BCUT2D eigenvalue weighted by molar-refractivity contribution is 5.90. The van der Waals surface area contributed by atoms with E-state index in [1.165, 1.54) is 30.1 Å². The number of methoxy groups -OCH3 is 1. The van der Waals surface area contributed by atoms with Gasteiger partial charge in [-0.05, 0) is 18.2 Å². The van der Waals surface area contributed by atoms with Crippen LogP contribution in [0.1, 0.15) is 14.4 Å². The first kappa shape index (κ1) is 24.4. The van der Waals surface area contributed by atoms with E-state index in [-0.39, 0.29) is 33.0 Å². The van der Waals surface area contributed by atoms with Crippen LogP contribution in [0.3, 0.4) is 0 Å². The monoisotopic (exact) mass is 440 g/mol. The van der Waals surface area contributed by atoms with Crippen molar-refractivity contribution in [2.24, 2.45) is 0 Å². The molecule has 1 N–H and O–H groups in total. The zero-order valence-corrected chi connectivity index (χ0v) is 16.9. The average Bonchev–Trinajstić information content (AvgIpc) is 2.93. The summed E-state index contributed by atoms with van der Waals surface area (Å²) < 4.78 is 24.7. The second-order valence-electron chi connectivity index (χ2n) is 6.95. The number of benzene rings is 1. The lowest BCUT2D eigenvalue weighted by Crippen LogP contribution is -2.34. The lowest BCUT2D eigenvalue weighted by atomic mass is 10.2. The fourth-order valence-corrected chi connectivity index (χ4v) is 3.28. The number of ether oxygens (including phenoxy) is 2. The van der Waals surface area contributed by atoms with E-state index in [1.807, 2.05) is 4.90 Å². The van der Waals surface area contributed by atoms with Gasteiger partial charge in [-0.1, -0.05) is 7.43 Å². The number of rotatable bonds is 6. The molecule has 31 heavy (non-hydrogen) atoms. The van der Waals surface area contributed by atoms with E-state index in [1.54, 1.807) is 12.1 Å². The predicted octanol–water partition coefficient (Wildman–Crippen LogP) is 1.15. The summed E-state index contributed by atoms with van der Waals surface area (Å²) >= 11 is 0. The van der Waals surface area contributed by atoms with Crippen LogP contribution < -0.4 is 15.1 Å². The zero-order chi connectivity index (χ0) is 21.7. The Morgan fingerprint density at radius 2 is 2.06 bits per heavy atom. The Balaban J connectivity index is 0.00000341. The third kappa shape index (κ3) is 6.28. The van der Waals surface area contributed by atoms with Crippen LogP contribution in [-0.2, 0) is 23.9 Å². The first-order valence-electron chi connectivity index (χ1n) is 9.59. The SMILES string of the molecule is C.COC(=O)CN1CCN(c2ccc(N3C[C@H](CNC(C)=O)OC3=O)cc2F)CCO1. The molecular formula is C20H29FN4O6. The molecular weight excluding hydrogens is 411 g/mol. The summed E-state index contributed by atoms with van der Waals surface area (Å²) in [4.78, 5) is 43.2. The van der Waals surface area contributed by atoms with Gasteiger partial charge in [0.1, 0.15) is 18.5 Å². The number of halogens is 1. The summed E-state index contributed by atoms with van der Waals surface area (Å²) in [6.45, 7) is 3.40. The van der Waals surface area contributed by atoms with Crippen LogP contribution in [0, 0.1) is 5.82 Å². The predicted molar refractivity (Wildman–Crippen MR) is 111 cm³/mol. The standard InChI is InChI=1S/C19H25FN4O6.CH4/c1-13(25)21-10-15-11-24(19(27)30-15)14-3-4-17(16(20)9-14)22-5-6-23(29-8-7-22)12-18(26)28-2;/h3-4,9,15H,5-8,10-12H2,1-2H3,(H,21,25);1H4/t15-;/m0./s1. The molecule has 10 nitrogen and oxygen atoms in total. The molecule has 3 rings (SSSR count). The number of amides is 2. The van der Waals surface area contributed by atoms with E-state index in [2.05, 4.69) is 10.1 Å². The van der Waals surface area contributed by atoms with Crippen molar-refractivity contribution in [3.63, 3.8) is 0 Å². The van der Waals surface area contributed by atoms with Crippen molar-refractivity contribution in [2.45, 2.75) is 20.5 Å². The van der Waals surface area contributed by atoms with Crippen LogP contribution in [0.15, 0.2) is 18.2 Å². The van der Waals surface area contributed by atoms with Gasteiger partial charge in [-0.3, -0.25) is 19.3 Å². The summed E-state index contributed by atoms with van der Waals surface area (Å²) in [5.74, 6) is -1.10. The molecule has 2 heterocycles. The molecule has 11 heteroatoms. The summed E-state index contributed by atoms with van der Waals surface area (Å²) in [5, 5.41) is 4.09. The molecule has 0 aliphatic carbocycles. The van der Waals surface area contributed by atoms with E-state index >= 15 is 0 Å². The van der Waals surface area contributed by atoms with Gasteiger partial charge in [-0.25, -0.2) is 9.18 Å². The Hall–Kier alpha value is -2.92.